The third-order valence-corrected chi connectivity index (χ3v) is 4.10. The highest BCUT2D eigenvalue weighted by Gasteiger charge is 2.24. The van der Waals surface area contributed by atoms with Crippen LogP contribution in [0.3, 0.4) is 0 Å². The Bertz CT molecular complexity index is 431. The Labute approximate surface area is 110 Å². The van der Waals surface area contributed by atoms with Crippen molar-refractivity contribution in [1.82, 2.24) is 0 Å². The number of aryl methyl sites for hydroxylation is 2. The molecule has 2 rings (SSSR count). The van der Waals surface area contributed by atoms with E-state index in [1.807, 2.05) is 0 Å². The van der Waals surface area contributed by atoms with Crippen molar-refractivity contribution in [2.75, 3.05) is 0 Å². The molecule has 18 heavy (non-hydrogen) atoms. The summed E-state index contributed by atoms with van der Waals surface area (Å²) in [7, 11) is 0. The number of hydrogen-bond donors (Lipinski definition) is 1. The van der Waals surface area contributed by atoms with Gasteiger partial charge in [0.25, 0.3) is 0 Å². The molecule has 0 radical (unpaired) electrons. The molecule has 1 aromatic carbocycles. The van der Waals surface area contributed by atoms with Crippen molar-refractivity contribution >= 4 is 5.78 Å². The molecule has 0 unspecified atom stereocenters. The van der Waals surface area contributed by atoms with Gasteiger partial charge in [-0.2, -0.15) is 0 Å². The van der Waals surface area contributed by atoms with Crippen LogP contribution in [0.2, 0.25) is 0 Å². The number of carbonyl (C=O) groups excluding carboxylic acids is 1. The molecule has 0 saturated heterocycles. The van der Waals surface area contributed by atoms with E-state index in [0.29, 0.717) is 18.2 Å². The van der Waals surface area contributed by atoms with Crippen molar-refractivity contribution in [2.24, 2.45) is 11.7 Å². The molecule has 0 aromatic heterocycles. The molecule has 0 amide bonds. The lowest BCUT2D eigenvalue weighted by Gasteiger charge is -2.25. The van der Waals surface area contributed by atoms with Crippen molar-refractivity contribution in [2.45, 2.75) is 52.0 Å². The number of ketones is 1. The van der Waals surface area contributed by atoms with Crippen LogP contribution in [0.4, 0.5) is 0 Å². The molecule has 1 saturated carbocycles. The van der Waals surface area contributed by atoms with Gasteiger partial charge < -0.3 is 5.73 Å². The van der Waals surface area contributed by atoms with E-state index < -0.39 is 0 Å². The molecule has 2 heteroatoms. The van der Waals surface area contributed by atoms with Gasteiger partial charge in [-0.25, -0.2) is 0 Å². The van der Waals surface area contributed by atoms with Gasteiger partial charge in [0.05, 0.1) is 0 Å². The van der Waals surface area contributed by atoms with Crippen LogP contribution < -0.4 is 5.73 Å². The fraction of sp³-hybridized carbons (Fsp3) is 0.562. The molecule has 1 aliphatic rings. The van der Waals surface area contributed by atoms with Crippen LogP contribution in [0, 0.1) is 19.8 Å². The second kappa shape index (κ2) is 5.66. The average Bonchev–Trinajstić information content (AvgIpc) is 2.34. The summed E-state index contributed by atoms with van der Waals surface area (Å²) in [6.07, 6.45) is 4.55. The van der Waals surface area contributed by atoms with Crippen LogP contribution in [-0.4, -0.2) is 11.8 Å². The highest BCUT2D eigenvalue weighted by atomic mass is 16.1. The lowest BCUT2D eigenvalue weighted by molar-refractivity contribution is -0.123. The maximum Gasteiger partial charge on any atom is 0.140 e. The van der Waals surface area contributed by atoms with Gasteiger partial charge in [0, 0.05) is 18.4 Å². The van der Waals surface area contributed by atoms with Crippen molar-refractivity contribution in [3.63, 3.8) is 0 Å². The first kappa shape index (κ1) is 13.3. The van der Waals surface area contributed by atoms with Crippen LogP contribution in [0.15, 0.2) is 18.2 Å². The molecule has 2 nitrogen and oxygen atoms in total. The summed E-state index contributed by atoms with van der Waals surface area (Å²) < 4.78 is 0. The van der Waals surface area contributed by atoms with Crippen molar-refractivity contribution < 1.29 is 4.79 Å². The van der Waals surface area contributed by atoms with E-state index in [2.05, 4.69) is 32.0 Å². The number of rotatable bonds is 3. The molecular weight excluding hydrogens is 222 g/mol. The minimum atomic E-state index is 0.240. The summed E-state index contributed by atoms with van der Waals surface area (Å²) in [4.78, 5) is 12.3. The maximum absolute atomic E-state index is 12.3. The van der Waals surface area contributed by atoms with E-state index in [0.717, 1.165) is 25.7 Å². The lowest BCUT2D eigenvalue weighted by atomic mass is 9.82. The Morgan fingerprint density at radius 2 is 1.89 bits per heavy atom. The van der Waals surface area contributed by atoms with Crippen LogP contribution in [0.5, 0.6) is 0 Å². The van der Waals surface area contributed by atoms with E-state index in [1.54, 1.807) is 0 Å². The molecule has 1 aliphatic carbocycles. The first-order chi connectivity index (χ1) is 8.56. The number of benzene rings is 1. The molecule has 1 fully saturated rings. The number of hydrogen-bond acceptors (Lipinski definition) is 2. The Morgan fingerprint density at radius 1 is 1.22 bits per heavy atom. The second-order valence-electron chi connectivity index (χ2n) is 5.68. The zero-order valence-corrected chi connectivity index (χ0v) is 11.4. The van der Waals surface area contributed by atoms with Crippen LogP contribution in [0.1, 0.15) is 42.4 Å². The summed E-state index contributed by atoms with van der Waals surface area (Å²) in [6.45, 7) is 4.16. The summed E-state index contributed by atoms with van der Waals surface area (Å²) >= 11 is 0. The lowest BCUT2D eigenvalue weighted by Crippen LogP contribution is -2.30. The van der Waals surface area contributed by atoms with Crippen molar-refractivity contribution in [3.05, 3.63) is 34.9 Å². The van der Waals surface area contributed by atoms with E-state index in [-0.39, 0.29) is 5.92 Å². The third kappa shape index (κ3) is 3.20. The van der Waals surface area contributed by atoms with Crippen molar-refractivity contribution in [3.8, 4) is 0 Å². The van der Waals surface area contributed by atoms with E-state index in [4.69, 9.17) is 5.73 Å². The molecule has 0 atom stereocenters. The predicted molar refractivity (Wildman–Crippen MR) is 74.6 cm³/mol. The Kier molecular flexibility index (Phi) is 4.18. The van der Waals surface area contributed by atoms with Gasteiger partial charge >= 0.3 is 0 Å². The molecule has 0 heterocycles. The zero-order chi connectivity index (χ0) is 13.1. The van der Waals surface area contributed by atoms with E-state index >= 15 is 0 Å². The van der Waals surface area contributed by atoms with Crippen LogP contribution >= 0.6 is 0 Å². The molecule has 1 aromatic rings. The molecule has 2 N–H and O–H groups in total. The monoisotopic (exact) mass is 245 g/mol. The summed E-state index contributed by atoms with van der Waals surface area (Å²) in [5.74, 6) is 0.639. The summed E-state index contributed by atoms with van der Waals surface area (Å²) in [5.41, 5.74) is 9.53. The minimum absolute atomic E-state index is 0.240. The Hall–Kier alpha value is -1.15. The first-order valence-electron chi connectivity index (χ1n) is 6.90. The summed E-state index contributed by atoms with van der Waals surface area (Å²) in [6, 6.07) is 6.66. The van der Waals surface area contributed by atoms with Gasteiger partial charge in [-0.3, -0.25) is 4.79 Å². The maximum atomic E-state index is 12.3. The number of carbonyl (C=O) groups is 1. The molecule has 0 aliphatic heterocycles. The Morgan fingerprint density at radius 3 is 2.56 bits per heavy atom. The Balaban J connectivity index is 2.00. The van der Waals surface area contributed by atoms with Gasteiger partial charge in [-0.05, 0) is 50.7 Å². The first-order valence-corrected chi connectivity index (χ1v) is 6.90. The van der Waals surface area contributed by atoms with Gasteiger partial charge in [-0.1, -0.05) is 23.8 Å². The average molecular weight is 245 g/mol. The second-order valence-corrected chi connectivity index (χ2v) is 5.68. The number of nitrogens with two attached hydrogens (primary N) is 1. The number of Topliss-reactive ketones (excluding diaryl/α,β-unsaturated/α-hetero) is 1. The smallest absolute Gasteiger partial charge is 0.140 e. The fourth-order valence-corrected chi connectivity index (χ4v) is 2.76. The van der Waals surface area contributed by atoms with E-state index in [1.165, 1.54) is 16.7 Å². The van der Waals surface area contributed by atoms with Gasteiger partial charge in [0.1, 0.15) is 5.78 Å². The topological polar surface area (TPSA) is 43.1 Å². The van der Waals surface area contributed by atoms with Crippen LogP contribution in [0.25, 0.3) is 0 Å². The highest BCUT2D eigenvalue weighted by molar-refractivity contribution is 5.83. The standard InChI is InChI=1S/C16H23NO/c1-11-3-4-12(2)14(9-11)10-16(18)13-5-7-15(17)8-6-13/h3-4,9,13,15H,5-8,10,17H2,1-2H3. The van der Waals surface area contributed by atoms with Crippen LogP contribution in [-0.2, 0) is 11.2 Å². The van der Waals surface area contributed by atoms with Gasteiger partial charge in [-0.15, -0.1) is 0 Å². The predicted octanol–water partition coefficient (Wildman–Crippen LogP) is 2.93. The molecule has 0 bridgehead atoms. The molecule has 98 valence electrons. The minimum Gasteiger partial charge on any atom is -0.328 e. The quantitative estimate of drug-likeness (QED) is 0.889. The summed E-state index contributed by atoms with van der Waals surface area (Å²) in [5, 5.41) is 0. The third-order valence-electron chi connectivity index (χ3n) is 4.10. The SMILES string of the molecule is Cc1ccc(C)c(CC(=O)C2CCC(N)CC2)c1. The largest absolute Gasteiger partial charge is 0.328 e. The normalized spacial score (nSPS) is 23.9. The molecule has 0 spiro atoms. The zero-order valence-electron chi connectivity index (χ0n) is 11.4. The van der Waals surface area contributed by atoms with Gasteiger partial charge in [0.2, 0.25) is 0 Å². The van der Waals surface area contributed by atoms with E-state index in [9.17, 15) is 4.79 Å². The van der Waals surface area contributed by atoms with Gasteiger partial charge in [0.15, 0.2) is 0 Å². The highest BCUT2D eigenvalue weighted by Crippen LogP contribution is 2.25. The van der Waals surface area contributed by atoms with Crippen molar-refractivity contribution in [1.29, 1.82) is 0 Å². The fourth-order valence-electron chi connectivity index (χ4n) is 2.76. The molecular formula is C16H23NO.